The van der Waals surface area contributed by atoms with Crippen LogP contribution in [-0.2, 0) is 0 Å². The Morgan fingerprint density at radius 2 is 1.80 bits per heavy atom. The van der Waals surface area contributed by atoms with E-state index in [-0.39, 0.29) is 19.4 Å². The van der Waals surface area contributed by atoms with Crippen molar-refractivity contribution < 1.29 is 0 Å². The molecule has 0 unspecified atom stereocenters. The van der Waals surface area contributed by atoms with Gasteiger partial charge in [-0.1, -0.05) is 12.1 Å². The van der Waals surface area contributed by atoms with Crippen LogP contribution in [0.1, 0.15) is 0 Å². The van der Waals surface area contributed by atoms with Gasteiger partial charge in [-0.05, 0) is 0 Å². The van der Waals surface area contributed by atoms with E-state index >= 15 is 0 Å². The Balaban J connectivity index is 2.08. The molecule has 29 valence electrons. The van der Waals surface area contributed by atoms with Crippen LogP contribution in [0.25, 0.3) is 0 Å². The molecule has 1 fully saturated rings. The minimum Gasteiger partial charge on any atom is -0.308 e. The first-order chi connectivity index (χ1) is 2.50. The lowest BCUT2D eigenvalue weighted by atomic mass is 11.0. The van der Waals surface area contributed by atoms with Crippen LogP contribution in [0.4, 0.5) is 0 Å². The summed E-state index contributed by atoms with van der Waals surface area (Å²) < 4.78 is 4.36. The zero-order valence-corrected chi connectivity index (χ0v) is 6.10. The highest BCUT2D eigenvalue weighted by atomic mass is 28.3. The Morgan fingerprint density at radius 1 is 1.20 bits per heavy atom. The fraction of sp³-hybridized carbons (Fsp3) is 1.00. The summed E-state index contributed by atoms with van der Waals surface area (Å²) in [7, 11) is 0.460. The van der Waals surface area contributed by atoms with Gasteiger partial charge in [0.15, 0.2) is 0 Å². The maximum atomic E-state index is 4.36. The SMILES string of the molecule is C1C[SiH2][N][SiH2]1. The van der Waals surface area contributed by atoms with E-state index in [0.717, 1.165) is 0 Å². The van der Waals surface area contributed by atoms with E-state index < -0.39 is 0 Å². The largest absolute Gasteiger partial charge is 0.308 e. The molecule has 0 aromatic carbocycles. The summed E-state index contributed by atoms with van der Waals surface area (Å²) in [6.07, 6.45) is 0. The van der Waals surface area contributed by atoms with Gasteiger partial charge in [0.2, 0.25) is 0 Å². The maximum Gasteiger partial charge on any atom is 0.102 e. The molecular weight excluding hydrogens is 94.2 g/mol. The minimum absolute atomic E-state index is 0.230. The highest BCUT2D eigenvalue weighted by Crippen LogP contribution is 1.91. The van der Waals surface area contributed by atoms with E-state index in [1.165, 1.54) is 12.1 Å². The molecule has 0 aliphatic carbocycles. The molecule has 1 saturated heterocycles. The lowest BCUT2D eigenvalue weighted by Gasteiger charge is -1.71. The molecule has 0 spiro atoms. The second-order valence-corrected chi connectivity index (χ2v) is 5.48. The van der Waals surface area contributed by atoms with Crippen LogP contribution < -0.4 is 4.65 Å². The molecule has 0 atom stereocenters. The van der Waals surface area contributed by atoms with E-state index in [1.54, 1.807) is 0 Å². The average Bonchev–Trinajstić information content (AvgIpc) is 1.76. The molecule has 1 aliphatic heterocycles. The van der Waals surface area contributed by atoms with Gasteiger partial charge < -0.3 is 4.65 Å². The minimum atomic E-state index is 0.230. The van der Waals surface area contributed by atoms with Crippen LogP contribution in [0.5, 0.6) is 0 Å². The first kappa shape index (κ1) is 3.58. The quantitative estimate of drug-likeness (QED) is 0.334. The van der Waals surface area contributed by atoms with Crippen LogP contribution in [0.15, 0.2) is 0 Å². The van der Waals surface area contributed by atoms with E-state index in [9.17, 15) is 0 Å². The molecule has 0 aromatic rings. The Labute approximate surface area is 37.0 Å². The van der Waals surface area contributed by atoms with Crippen LogP contribution in [0.2, 0.25) is 12.1 Å². The summed E-state index contributed by atoms with van der Waals surface area (Å²) in [5.74, 6) is 0. The van der Waals surface area contributed by atoms with Gasteiger partial charge in [0.1, 0.15) is 19.4 Å². The van der Waals surface area contributed by atoms with Crippen LogP contribution in [0, 0.1) is 0 Å². The van der Waals surface area contributed by atoms with Gasteiger partial charge in [0.05, 0.1) is 0 Å². The summed E-state index contributed by atoms with van der Waals surface area (Å²) in [6.45, 7) is 0. The van der Waals surface area contributed by atoms with Gasteiger partial charge in [0, 0.05) is 0 Å². The van der Waals surface area contributed by atoms with Gasteiger partial charge in [-0.25, -0.2) is 0 Å². The van der Waals surface area contributed by atoms with E-state index in [1.807, 2.05) is 0 Å². The third-order valence-corrected chi connectivity index (χ3v) is 6.04. The van der Waals surface area contributed by atoms with E-state index in [0.29, 0.717) is 0 Å². The van der Waals surface area contributed by atoms with Crippen LogP contribution >= 0.6 is 0 Å². The molecule has 0 N–H and O–H groups in total. The third-order valence-electron chi connectivity index (χ3n) is 0.882. The summed E-state index contributed by atoms with van der Waals surface area (Å²) in [5, 5.41) is 0. The highest BCUT2D eigenvalue weighted by molar-refractivity contribution is 6.56. The summed E-state index contributed by atoms with van der Waals surface area (Å²) in [6, 6.07) is 3.07. The van der Waals surface area contributed by atoms with E-state index in [2.05, 4.69) is 4.65 Å². The van der Waals surface area contributed by atoms with Crippen molar-refractivity contribution in [1.29, 1.82) is 0 Å². The zero-order chi connectivity index (χ0) is 3.54. The van der Waals surface area contributed by atoms with Crippen molar-refractivity contribution in [1.82, 2.24) is 4.65 Å². The first-order valence-electron chi connectivity index (χ1n) is 2.13. The molecule has 3 heteroatoms. The summed E-state index contributed by atoms with van der Waals surface area (Å²) >= 11 is 0. The molecule has 5 heavy (non-hydrogen) atoms. The summed E-state index contributed by atoms with van der Waals surface area (Å²) in [5.41, 5.74) is 0. The molecule has 1 aliphatic rings. The van der Waals surface area contributed by atoms with Crippen molar-refractivity contribution >= 4 is 19.4 Å². The predicted molar refractivity (Wildman–Crippen MR) is 28.8 cm³/mol. The first-order valence-corrected chi connectivity index (χ1v) is 5.40. The van der Waals surface area contributed by atoms with E-state index in [4.69, 9.17) is 0 Å². The molecule has 0 saturated carbocycles. The third kappa shape index (κ3) is 0.865. The monoisotopic (exact) mass is 102 g/mol. The van der Waals surface area contributed by atoms with Crippen molar-refractivity contribution in [2.75, 3.05) is 0 Å². The van der Waals surface area contributed by atoms with Crippen molar-refractivity contribution in [3.8, 4) is 0 Å². The summed E-state index contributed by atoms with van der Waals surface area (Å²) in [4.78, 5) is 0. The molecular formula is C2H8NSi2. The molecule has 1 heterocycles. The number of rotatable bonds is 0. The standard InChI is InChI=1S/C2H8NSi2/c1-2-5-3-4-1/h1-2,4-5H2. The number of nitrogens with zero attached hydrogens (tertiary/aromatic N) is 1. The highest BCUT2D eigenvalue weighted by Gasteiger charge is 1.97. The smallest absolute Gasteiger partial charge is 0.102 e. The van der Waals surface area contributed by atoms with Crippen LogP contribution in [0.3, 0.4) is 0 Å². The molecule has 1 rings (SSSR count). The normalized spacial score (nSPS) is 33.6. The van der Waals surface area contributed by atoms with Gasteiger partial charge in [-0.2, -0.15) is 0 Å². The van der Waals surface area contributed by atoms with Crippen molar-refractivity contribution in [2.24, 2.45) is 0 Å². The van der Waals surface area contributed by atoms with Gasteiger partial charge >= 0.3 is 0 Å². The molecule has 1 radical (unpaired) electrons. The fourth-order valence-corrected chi connectivity index (χ4v) is 5.03. The molecule has 1 nitrogen and oxygen atoms in total. The molecule has 0 aromatic heterocycles. The van der Waals surface area contributed by atoms with Gasteiger partial charge in [0.25, 0.3) is 0 Å². The molecule has 0 bridgehead atoms. The Kier molecular flexibility index (Phi) is 1.25. The number of hydrogen-bond acceptors (Lipinski definition) is 0. The van der Waals surface area contributed by atoms with Gasteiger partial charge in [-0.3, -0.25) is 0 Å². The topological polar surface area (TPSA) is 14.1 Å². The Morgan fingerprint density at radius 3 is 2.00 bits per heavy atom. The second-order valence-electron chi connectivity index (χ2n) is 1.38. The predicted octanol–water partition coefficient (Wildman–Crippen LogP) is -1.39. The van der Waals surface area contributed by atoms with Crippen molar-refractivity contribution in [3.05, 3.63) is 0 Å². The average molecular weight is 102 g/mol. The Bertz CT molecular complexity index is 19.2. The zero-order valence-electron chi connectivity index (χ0n) is 3.28. The number of hydrogen-bond donors (Lipinski definition) is 0. The van der Waals surface area contributed by atoms with Gasteiger partial charge in [-0.15, -0.1) is 0 Å². The van der Waals surface area contributed by atoms with Crippen molar-refractivity contribution in [3.63, 3.8) is 0 Å². The fourth-order valence-electron chi connectivity index (χ4n) is 0.559. The Hall–Kier alpha value is 0.394. The van der Waals surface area contributed by atoms with Crippen LogP contribution in [-0.4, -0.2) is 19.4 Å². The maximum absolute atomic E-state index is 4.36. The lowest BCUT2D eigenvalue weighted by molar-refractivity contribution is 1.46. The molecule has 0 amide bonds. The van der Waals surface area contributed by atoms with Crippen molar-refractivity contribution in [2.45, 2.75) is 12.1 Å². The lowest BCUT2D eigenvalue weighted by Crippen LogP contribution is -2.00. The second kappa shape index (κ2) is 1.74.